The second kappa shape index (κ2) is 8.19. The summed E-state index contributed by atoms with van der Waals surface area (Å²) < 4.78 is 1.74. The third-order valence-electron chi connectivity index (χ3n) is 5.62. The van der Waals surface area contributed by atoms with Crippen molar-refractivity contribution in [1.82, 2.24) is 29.9 Å². The quantitative estimate of drug-likeness (QED) is 0.426. The number of hydrogen-bond acceptors (Lipinski definition) is 5. The highest BCUT2D eigenvalue weighted by atomic mass is 16.2. The Hall–Kier alpha value is -4.13. The first-order valence-corrected chi connectivity index (χ1v) is 10.4. The minimum Gasteiger partial charge on any atom is -0.330 e. The van der Waals surface area contributed by atoms with Crippen LogP contribution < -0.4 is 0 Å². The molecule has 0 fully saturated rings. The lowest BCUT2D eigenvalue weighted by molar-refractivity contribution is 0.0729. The van der Waals surface area contributed by atoms with Crippen molar-refractivity contribution in [1.29, 1.82) is 0 Å². The molecule has 0 atom stereocenters. The second-order valence-electron chi connectivity index (χ2n) is 7.98. The average Bonchev–Trinajstić information content (AvgIpc) is 3.29. The first-order valence-electron chi connectivity index (χ1n) is 10.4. The molecule has 0 aliphatic rings. The molecule has 0 N–H and O–H groups in total. The number of benzene rings is 2. The highest BCUT2D eigenvalue weighted by molar-refractivity contribution is 5.95. The molecule has 0 bridgehead atoms. The predicted octanol–water partition coefficient (Wildman–Crippen LogP) is 4.13. The van der Waals surface area contributed by atoms with Gasteiger partial charge in [0.1, 0.15) is 0 Å². The van der Waals surface area contributed by atoms with Crippen molar-refractivity contribution in [2.24, 2.45) is 0 Å². The number of rotatable bonds is 5. The molecule has 7 heteroatoms. The molecule has 32 heavy (non-hydrogen) atoms. The number of carbonyl (C=O) groups excluding carboxylic acids is 1. The van der Waals surface area contributed by atoms with Gasteiger partial charge >= 0.3 is 0 Å². The number of hydrogen-bond donors (Lipinski definition) is 0. The molecule has 2 aromatic carbocycles. The van der Waals surface area contributed by atoms with Gasteiger partial charge in [0.2, 0.25) is 0 Å². The molecule has 0 saturated heterocycles. The molecule has 0 aliphatic carbocycles. The Labute approximate surface area is 185 Å². The summed E-state index contributed by atoms with van der Waals surface area (Å²) in [6, 6.07) is 19.7. The van der Waals surface area contributed by atoms with Gasteiger partial charge in [-0.15, -0.1) is 5.10 Å². The lowest BCUT2D eigenvalue weighted by Gasteiger charge is -2.24. The van der Waals surface area contributed by atoms with Gasteiger partial charge in [0.05, 0.1) is 12.1 Å². The normalized spacial score (nSPS) is 11.2. The van der Waals surface area contributed by atoms with Crippen LogP contribution in [0.3, 0.4) is 0 Å². The zero-order valence-electron chi connectivity index (χ0n) is 17.9. The maximum atomic E-state index is 13.6. The van der Waals surface area contributed by atoms with Crippen molar-refractivity contribution in [3.05, 3.63) is 101 Å². The molecule has 158 valence electrons. The van der Waals surface area contributed by atoms with E-state index in [1.807, 2.05) is 60.4 Å². The lowest BCUT2D eigenvalue weighted by Crippen LogP contribution is -2.31. The molecule has 0 saturated carbocycles. The highest BCUT2D eigenvalue weighted by Crippen LogP contribution is 2.23. The Balaban J connectivity index is 1.60. The maximum absolute atomic E-state index is 13.6. The van der Waals surface area contributed by atoms with E-state index in [1.54, 1.807) is 16.9 Å². The van der Waals surface area contributed by atoms with Crippen LogP contribution in [0.25, 0.3) is 16.6 Å². The van der Waals surface area contributed by atoms with E-state index in [1.165, 1.54) is 0 Å². The van der Waals surface area contributed by atoms with Gasteiger partial charge in [0.25, 0.3) is 5.91 Å². The molecular weight excluding hydrogens is 400 g/mol. The largest absolute Gasteiger partial charge is 0.330 e. The fourth-order valence-electron chi connectivity index (χ4n) is 4.00. The summed E-state index contributed by atoms with van der Waals surface area (Å²) >= 11 is 0. The highest BCUT2D eigenvalue weighted by Gasteiger charge is 2.21. The van der Waals surface area contributed by atoms with Crippen LogP contribution >= 0.6 is 0 Å². The van der Waals surface area contributed by atoms with Crippen LogP contribution in [0, 0.1) is 13.8 Å². The third kappa shape index (κ3) is 3.69. The van der Waals surface area contributed by atoms with E-state index in [2.05, 4.69) is 39.6 Å². The Bertz CT molecular complexity index is 1430. The monoisotopic (exact) mass is 422 g/mol. The summed E-state index contributed by atoms with van der Waals surface area (Å²) in [5.41, 5.74) is 6.21. The molecular formula is C25H22N6O. The summed E-state index contributed by atoms with van der Waals surface area (Å²) in [4.78, 5) is 19.7. The van der Waals surface area contributed by atoms with Gasteiger partial charge in [-0.05, 0) is 65.7 Å². The Kier molecular flexibility index (Phi) is 5.07. The van der Waals surface area contributed by atoms with Gasteiger partial charge in [0.15, 0.2) is 5.65 Å². The first-order chi connectivity index (χ1) is 15.6. The fraction of sp³-hybridized carbons (Fsp3) is 0.160. The molecule has 5 aromatic rings. The van der Waals surface area contributed by atoms with Gasteiger partial charge < -0.3 is 4.90 Å². The van der Waals surface area contributed by atoms with Crippen molar-refractivity contribution in [2.45, 2.75) is 26.9 Å². The van der Waals surface area contributed by atoms with Crippen LogP contribution in [0.2, 0.25) is 0 Å². The molecule has 1 amide bonds. The van der Waals surface area contributed by atoms with Gasteiger partial charge in [-0.1, -0.05) is 35.9 Å². The van der Waals surface area contributed by atoms with E-state index >= 15 is 0 Å². The number of tetrazole rings is 1. The number of nitrogens with zero attached hydrogens (tertiary/aromatic N) is 6. The molecule has 5 rings (SSSR count). The van der Waals surface area contributed by atoms with E-state index < -0.39 is 0 Å². The third-order valence-corrected chi connectivity index (χ3v) is 5.62. The number of pyridine rings is 2. The topological polar surface area (TPSA) is 76.3 Å². The predicted molar refractivity (Wildman–Crippen MR) is 122 cm³/mol. The molecule has 0 unspecified atom stereocenters. The summed E-state index contributed by atoms with van der Waals surface area (Å²) in [6.07, 6.45) is 3.52. The van der Waals surface area contributed by atoms with Crippen molar-refractivity contribution in [3.63, 3.8) is 0 Å². The minimum atomic E-state index is -0.0399. The van der Waals surface area contributed by atoms with Crippen LogP contribution in [0.1, 0.15) is 32.6 Å². The van der Waals surface area contributed by atoms with Crippen molar-refractivity contribution >= 4 is 22.5 Å². The first kappa shape index (κ1) is 19.8. The summed E-state index contributed by atoms with van der Waals surface area (Å²) in [6.45, 7) is 4.81. The zero-order chi connectivity index (χ0) is 22.1. The van der Waals surface area contributed by atoms with Gasteiger partial charge in [-0.25, -0.2) is 0 Å². The smallest absolute Gasteiger partial charge is 0.254 e. The van der Waals surface area contributed by atoms with Crippen LogP contribution in [0.4, 0.5) is 0 Å². The summed E-state index contributed by atoms with van der Waals surface area (Å²) in [7, 11) is 0. The van der Waals surface area contributed by atoms with Crippen LogP contribution in [0.5, 0.6) is 0 Å². The van der Waals surface area contributed by atoms with Crippen LogP contribution in [-0.2, 0) is 13.1 Å². The van der Waals surface area contributed by atoms with E-state index in [0.717, 1.165) is 33.2 Å². The van der Waals surface area contributed by atoms with E-state index in [4.69, 9.17) is 0 Å². The molecule has 7 nitrogen and oxygen atoms in total. The number of amides is 1. The Morgan fingerprint density at radius 2 is 1.88 bits per heavy atom. The maximum Gasteiger partial charge on any atom is 0.254 e. The fourth-order valence-corrected chi connectivity index (χ4v) is 4.00. The number of aromatic nitrogens is 5. The van der Waals surface area contributed by atoms with E-state index in [9.17, 15) is 4.79 Å². The van der Waals surface area contributed by atoms with Gasteiger partial charge in [0, 0.05) is 35.5 Å². The molecule has 3 heterocycles. The van der Waals surface area contributed by atoms with Gasteiger partial charge in [-0.3, -0.25) is 9.78 Å². The van der Waals surface area contributed by atoms with Crippen molar-refractivity contribution < 1.29 is 4.79 Å². The van der Waals surface area contributed by atoms with Crippen molar-refractivity contribution in [2.75, 3.05) is 0 Å². The number of fused-ring (bicyclic) bond motifs is 3. The lowest BCUT2D eigenvalue weighted by atomic mass is 10.1. The summed E-state index contributed by atoms with van der Waals surface area (Å²) in [5.74, 6) is -0.0399. The average molecular weight is 422 g/mol. The number of carbonyl (C=O) groups is 1. The SMILES string of the molecule is Cc1ccc2c(c1)cc(CN(Cc1cccnc1)C(=O)c1ccccc1C)c1nnnn12. The van der Waals surface area contributed by atoms with Gasteiger partial charge in [-0.2, -0.15) is 4.52 Å². The standard InChI is InChI=1S/C25H22N6O/c1-17-9-10-23-20(12-17)13-21(24-27-28-29-31(23)24)16-30(15-19-7-5-11-26-14-19)25(32)22-8-4-3-6-18(22)2/h3-14H,15-16H2,1-2H3. The van der Waals surface area contributed by atoms with E-state index in [-0.39, 0.29) is 5.91 Å². The molecule has 0 aliphatic heterocycles. The number of aryl methyl sites for hydroxylation is 2. The molecule has 0 radical (unpaired) electrons. The van der Waals surface area contributed by atoms with Crippen LogP contribution in [0.15, 0.2) is 73.1 Å². The van der Waals surface area contributed by atoms with E-state index in [0.29, 0.717) is 24.3 Å². The molecule has 0 spiro atoms. The summed E-state index contributed by atoms with van der Waals surface area (Å²) in [5, 5.41) is 13.4. The zero-order valence-corrected chi connectivity index (χ0v) is 17.9. The second-order valence-corrected chi connectivity index (χ2v) is 7.98. The Morgan fingerprint density at radius 3 is 2.69 bits per heavy atom. The molecule has 3 aromatic heterocycles. The van der Waals surface area contributed by atoms with Crippen molar-refractivity contribution in [3.8, 4) is 0 Å². The van der Waals surface area contributed by atoms with Crippen LogP contribution in [-0.4, -0.2) is 35.8 Å². The Morgan fingerprint density at radius 1 is 1.00 bits per heavy atom. The minimum absolute atomic E-state index is 0.0399.